The fourth-order valence-corrected chi connectivity index (χ4v) is 2.32. The zero-order chi connectivity index (χ0) is 17.7. The van der Waals surface area contributed by atoms with Gasteiger partial charge in [-0.1, -0.05) is 22.0 Å². The van der Waals surface area contributed by atoms with E-state index in [0.717, 1.165) is 4.47 Å². The summed E-state index contributed by atoms with van der Waals surface area (Å²) in [6.07, 6.45) is -0.920. The van der Waals surface area contributed by atoms with Gasteiger partial charge in [0.1, 0.15) is 5.75 Å². The number of hydrogen-bond donors (Lipinski definition) is 1. The van der Waals surface area contributed by atoms with E-state index in [4.69, 9.17) is 9.47 Å². The summed E-state index contributed by atoms with van der Waals surface area (Å²) in [4.78, 5) is 22.7. The van der Waals surface area contributed by atoms with Crippen molar-refractivity contribution in [1.82, 2.24) is 0 Å². The Bertz CT molecular complexity index is 766. The zero-order valence-corrected chi connectivity index (χ0v) is 14.6. The Morgan fingerprint density at radius 1 is 1.29 bits per heavy atom. The molecule has 1 unspecified atom stereocenters. The Morgan fingerprint density at radius 2 is 2.04 bits per heavy atom. The second-order valence-corrected chi connectivity index (χ2v) is 5.77. The summed E-state index contributed by atoms with van der Waals surface area (Å²) < 4.78 is 11.2. The van der Waals surface area contributed by atoms with Gasteiger partial charge in [0.2, 0.25) is 0 Å². The predicted octanol–water partition coefficient (Wildman–Crippen LogP) is 3.77. The van der Waals surface area contributed by atoms with Crippen LogP contribution >= 0.6 is 15.9 Å². The van der Waals surface area contributed by atoms with E-state index in [0.29, 0.717) is 11.4 Å². The number of nitrogens with zero attached hydrogens (tertiary/aromatic N) is 1. The molecule has 0 fully saturated rings. The maximum absolute atomic E-state index is 12.2. The first-order valence-electron chi connectivity index (χ1n) is 6.96. The number of carbonyl (C=O) groups is 1. The van der Waals surface area contributed by atoms with Crippen LogP contribution in [0.4, 0.5) is 11.4 Å². The lowest BCUT2D eigenvalue weighted by atomic mass is 10.2. The molecule has 0 aliphatic carbocycles. The molecule has 0 radical (unpaired) electrons. The van der Waals surface area contributed by atoms with E-state index in [1.54, 1.807) is 18.2 Å². The molecule has 2 rings (SSSR count). The maximum Gasteiger partial charge on any atom is 0.314 e. The van der Waals surface area contributed by atoms with Crippen LogP contribution in [0.3, 0.4) is 0 Å². The number of nitro groups is 1. The molecule has 1 amide bonds. The minimum Gasteiger partial charge on any atom is -0.496 e. The molecular weight excluding hydrogens is 380 g/mol. The number of carbonyl (C=O) groups excluding carboxylic acids is 1. The molecule has 126 valence electrons. The van der Waals surface area contributed by atoms with E-state index in [1.165, 1.54) is 32.2 Å². The van der Waals surface area contributed by atoms with E-state index in [1.807, 2.05) is 6.07 Å². The Kier molecular flexibility index (Phi) is 5.75. The highest BCUT2D eigenvalue weighted by Gasteiger charge is 2.22. The summed E-state index contributed by atoms with van der Waals surface area (Å²) in [5.74, 6) is -0.0869. The standard InChI is InChI=1S/C16H15BrN2O5/c1-10(16(20)18-12-5-3-4-11(17)8-12)24-15-7-6-13(23-2)9-14(15)19(21)22/h3-10H,1-2H3,(H,18,20). The van der Waals surface area contributed by atoms with Gasteiger partial charge in [-0.15, -0.1) is 0 Å². The summed E-state index contributed by atoms with van der Waals surface area (Å²) in [6, 6.07) is 11.2. The fraction of sp³-hybridized carbons (Fsp3) is 0.188. The van der Waals surface area contributed by atoms with Gasteiger partial charge in [-0.3, -0.25) is 14.9 Å². The lowest BCUT2D eigenvalue weighted by molar-refractivity contribution is -0.386. The Morgan fingerprint density at radius 3 is 2.67 bits per heavy atom. The average Bonchev–Trinajstić information content (AvgIpc) is 2.54. The van der Waals surface area contributed by atoms with Crippen molar-refractivity contribution in [3.63, 3.8) is 0 Å². The molecule has 8 heteroatoms. The fourth-order valence-electron chi connectivity index (χ4n) is 1.92. The molecule has 0 aliphatic rings. The minimum atomic E-state index is -0.920. The topological polar surface area (TPSA) is 90.7 Å². The van der Waals surface area contributed by atoms with Crippen molar-refractivity contribution in [2.24, 2.45) is 0 Å². The van der Waals surface area contributed by atoms with E-state index >= 15 is 0 Å². The molecule has 1 atom stereocenters. The molecule has 2 aromatic rings. The molecule has 0 spiro atoms. The normalized spacial score (nSPS) is 11.5. The van der Waals surface area contributed by atoms with Crippen LogP contribution in [0, 0.1) is 10.1 Å². The number of methoxy groups -OCH3 is 1. The predicted molar refractivity (Wildman–Crippen MR) is 92.5 cm³/mol. The molecular formula is C16H15BrN2O5. The second kappa shape index (κ2) is 7.78. The number of hydrogen-bond acceptors (Lipinski definition) is 5. The van der Waals surface area contributed by atoms with Crippen LogP contribution < -0.4 is 14.8 Å². The number of benzene rings is 2. The molecule has 2 aromatic carbocycles. The summed E-state index contributed by atoms with van der Waals surface area (Å²) in [6.45, 7) is 1.52. The highest BCUT2D eigenvalue weighted by Crippen LogP contribution is 2.31. The van der Waals surface area contributed by atoms with E-state index in [9.17, 15) is 14.9 Å². The highest BCUT2D eigenvalue weighted by molar-refractivity contribution is 9.10. The van der Waals surface area contributed by atoms with Crippen LogP contribution in [0.1, 0.15) is 6.92 Å². The Labute approximate surface area is 146 Å². The molecule has 0 bridgehead atoms. The maximum atomic E-state index is 12.2. The monoisotopic (exact) mass is 394 g/mol. The molecule has 0 aliphatic heterocycles. The number of nitro benzene ring substituents is 1. The molecule has 24 heavy (non-hydrogen) atoms. The molecule has 0 saturated heterocycles. The SMILES string of the molecule is COc1ccc(OC(C)C(=O)Nc2cccc(Br)c2)c([N+](=O)[O-])c1. The van der Waals surface area contributed by atoms with Crippen LogP contribution in [0.2, 0.25) is 0 Å². The van der Waals surface area contributed by atoms with Crippen molar-refractivity contribution in [3.05, 3.63) is 57.1 Å². The van der Waals surface area contributed by atoms with Crippen LogP contribution in [-0.4, -0.2) is 24.0 Å². The van der Waals surface area contributed by atoms with Crippen molar-refractivity contribution in [1.29, 1.82) is 0 Å². The van der Waals surface area contributed by atoms with Gasteiger partial charge in [0.05, 0.1) is 18.1 Å². The van der Waals surface area contributed by atoms with Crippen molar-refractivity contribution in [2.75, 3.05) is 12.4 Å². The highest BCUT2D eigenvalue weighted by atomic mass is 79.9. The van der Waals surface area contributed by atoms with Crippen molar-refractivity contribution in [3.8, 4) is 11.5 Å². The zero-order valence-electron chi connectivity index (χ0n) is 13.0. The first kappa shape index (κ1) is 17.7. The van der Waals surface area contributed by atoms with Gasteiger partial charge < -0.3 is 14.8 Å². The third kappa shape index (κ3) is 4.45. The smallest absolute Gasteiger partial charge is 0.314 e. The van der Waals surface area contributed by atoms with E-state index < -0.39 is 16.9 Å². The van der Waals surface area contributed by atoms with Crippen LogP contribution in [0.15, 0.2) is 46.9 Å². The number of ether oxygens (including phenoxy) is 2. The average molecular weight is 395 g/mol. The van der Waals surface area contributed by atoms with Gasteiger partial charge in [0.25, 0.3) is 5.91 Å². The summed E-state index contributed by atoms with van der Waals surface area (Å²) >= 11 is 3.31. The van der Waals surface area contributed by atoms with Crippen molar-refractivity contribution >= 4 is 33.2 Å². The number of anilines is 1. The number of amides is 1. The van der Waals surface area contributed by atoms with Gasteiger partial charge in [-0.2, -0.15) is 0 Å². The Hall–Kier alpha value is -2.61. The summed E-state index contributed by atoms with van der Waals surface area (Å²) in [5.41, 5.74) is 0.325. The van der Waals surface area contributed by atoms with Gasteiger partial charge in [0, 0.05) is 10.2 Å². The molecule has 7 nitrogen and oxygen atoms in total. The van der Waals surface area contributed by atoms with Crippen molar-refractivity contribution < 1.29 is 19.2 Å². The number of nitrogens with one attached hydrogen (secondary N) is 1. The molecule has 1 N–H and O–H groups in total. The van der Waals surface area contributed by atoms with Gasteiger partial charge in [-0.05, 0) is 37.3 Å². The Balaban J connectivity index is 2.12. The molecule has 0 saturated carbocycles. The second-order valence-electron chi connectivity index (χ2n) is 4.85. The van der Waals surface area contributed by atoms with E-state index in [2.05, 4.69) is 21.2 Å². The largest absolute Gasteiger partial charge is 0.496 e. The summed E-state index contributed by atoms with van der Waals surface area (Å²) in [7, 11) is 1.41. The van der Waals surface area contributed by atoms with Gasteiger partial charge in [-0.25, -0.2) is 0 Å². The van der Waals surface area contributed by atoms with Crippen LogP contribution in [0.5, 0.6) is 11.5 Å². The molecule has 0 heterocycles. The number of rotatable bonds is 6. The van der Waals surface area contributed by atoms with E-state index in [-0.39, 0.29) is 11.4 Å². The number of halogens is 1. The quantitative estimate of drug-likeness (QED) is 0.594. The summed E-state index contributed by atoms with van der Waals surface area (Å²) in [5, 5.41) is 13.8. The van der Waals surface area contributed by atoms with Gasteiger partial charge >= 0.3 is 5.69 Å². The first-order chi connectivity index (χ1) is 11.4. The van der Waals surface area contributed by atoms with Crippen molar-refractivity contribution in [2.45, 2.75) is 13.0 Å². The minimum absolute atomic E-state index is 0.00214. The third-order valence-electron chi connectivity index (χ3n) is 3.13. The van der Waals surface area contributed by atoms with Crippen LogP contribution in [-0.2, 0) is 4.79 Å². The lowest BCUT2D eigenvalue weighted by Crippen LogP contribution is -2.30. The lowest BCUT2D eigenvalue weighted by Gasteiger charge is -2.15. The molecule has 0 aromatic heterocycles. The third-order valence-corrected chi connectivity index (χ3v) is 3.62. The first-order valence-corrected chi connectivity index (χ1v) is 7.75. The van der Waals surface area contributed by atoms with Crippen LogP contribution in [0.25, 0.3) is 0 Å². The van der Waals surface area contributed by atoms with Gasteiger partial charge in [0.15, 0.2) is 11.9 Å².